The van der Waals surface area contributed by atoms with Gasteiger partial charge in [0.15, 0.2) is 0 Å². The van der Waals surface area contributed by atoms with Gasteiger partial charge in [-0.15, -0.1) is 0 Å². The van der Waals surface area contributed by atoms with E-state index in [9.17, 15) is 0 Å². The highest BCUT2D eigenvalue weighted by Crippen LogP contribution is 2.13. The second kappa shape index (κ2) is 3.46. The van der Waals surface area contributed by atoms with Gasteiger partial charge in [0.05, 0.1) is 5.71 Å². The molecule has 1 saturated carbocycles. The van der Waals surface area contributed by atoms with Crippen molar-refractivity contribution in [3.8, 4) is 0 Å². The van der Waals surface area contributed by atoms with Crippen molar-refractivity contribution in [1.29, 1.82) is 0 Å². The molecule has 10 heavy (non-hydrogen) atoms. The molecule has 3 nitrogen and oxygen atoms in total. The first-order valence-electron chi connectivity index (χ1n) is 3.62. The van der Waals surface area contributed by atoms with Gasteiger partial charge < -0.3 is 5.73 Å². The van der Waals surface area contributed by atoms with Gasteiger partial charge in [0, 0.05) is 12.8 Å². The summed E-state index contributed by atoms with van der Waals surface area (Å²) in [5.74, 6) is 0. The molecule has 1 fully saturated rings. The van der Waals surface area contributed by atoms with Gasteiger partial charge in [-0.1, -0.05) is 6.42 Å². The fraction of sp³-hybridized carbons (Fsp3) is 0.714. The van der Waals surface area contributed by atoms with Crippen LogP contribution in [0.2, 0.25) is 0 Å². The molecule has 1 aliphatic carbocycles. The summed E-state index contributed by atoms with van der Waals surface area (Å²) in [5, 5.41) is 7.34. The van der Waals surface area contributed by atoms with Crippen LogP contribution in [-0.4, -0.2) is 18.5 Å². The highest BCUT2D eigenvalue weighted by molar-refractivity contribution is 5.89. The summed E-state index contributed by atoms with van der Waals surface area (Å²) in [7, 11) is 0. The Morgan fingerprint density at radius 2 is 2.30 bits per heavy atom. The van der Waals surface area contributed by atoms with E-state index in [0.29, 0.717) is 0 Å². The van der Waals surface area contributed by atoms with Crippen molar-refractivity contribution in [2.24, 2.45) is 15.9 Å². The molecule has 0 amide bonds. The molecule has 3 heteroatoms. The second-order valence-corrected chi connectivity index (χ2v) is 2.59. The molecule has 56 valence electrons. The van der Waals surface area contributed by atoms with Gasteiger partial charge in [-0.25, -0.2) is 0 Å². The van der Waals surface area contributed by atoms with Crippen molar-refractivity contribution in [2.75, 3.05) is 0 Å². The molecule has 0 bridgehead atoms. The van der Waals surface area contributed by atoms with Crippen molar-refractivity contribution in [2.45, 2.75) is 31.7 Å². The Bertz CT molecular complexity index is 151. The lowest BCUT2D eigenvalue weighted by atomic mass is 9.94. The van der Waals surface area contributed by atoms with Crippen LogP contribution < -0.4 is 5.73 Å². The first kappa shape index (κ1) is 7.41. The van der Waals surface area contributed by atoms with E-state index in [4.69, 9.17) is 5.73 Å². The summed E-state index contributed by atoms with van der Waals surface area (Å²) in [4.78, 5) is 0. The summed E-state index contributed by atoms with van der Waals surface area (Å²) in [6.07, 6.45) is 4.47. The SMILES string of the molecule is C=N/N=C1\CCCCC1N. The second-order valence-electron chi connectivity index (χ2n) is 2.59. The lowest BCUT2D eigenvalue weighted by molar-refractivity contribution is 0.605. The summed E-state index contributed by atoms with van der Waals surface area (Å²) in [6.45, 7) is 3.30. The number of hydrogen-bond acceptors (Lipinski definition) is 3. The van der Waals surface area contributed by atoms with Gasteiger partial charge in [-0.2, -0.15) is 10.2 Å². The summed E-state index contributed by atoms with van der Waals surface area (Å²) < 4.78 is 0. The maximum atomic E-state index is 5.75. The average molecular weight is 139 g/mol. The first-order chi connectivity index (χ1) is 4.84. The van der Waals surface area contributed by atoms with E-state index in [1.54, 1.807) is 0 Å². The van der Waals surface area contributed by atoms with E-state index in [1.807, 2.05) is 0 Å². The van der Waals surface area contributed by atoms with Crippen LogP contribution in [0, 0.1) is 0 Å². The third kappa shape index (κ3) is 1.64. The molecule has 0 aliphatic heterocycles. The number of nitrogens with zero attached hydrogens (tertiary/aromatic N) is 2. The molecule has 0 spiro atoms. The predicted octanol–water partition coefficient (Wildman–Crippen LogP) is 0.944. The van der Waals surface area contributed by atoms with Crippen LogP contribution in [0.1, 0.15) is 25.7 Å². The lowest BCUT2D eigenvalue weighted by Crippen LogP contribution is -2.33. The Balaban J connectivity index is 2.55. The predicted molar refractivity (Wildman–Crippen MR) is 43.4 cm³/mol. The Morgan fingerprint density at radius 3 is 2.90 bits per heavy atom. The molecular formula is C7H13N3. The van der Waals surface area contributed by atoms with E-state index in [1.165, 1.54) is 12.8 Å². The minimum atomic E-state index is 0.138. The van der Waals surface area contributed by atoms with Gasteiger partial charge in [0.2, 0.25) is 0 Å². The maximum Gasteiger partial charge on any atom is 0.0572 e. The van der Waals surface area contributed by atoms with Gasteiger partial charge >= 0.3 is 0 Å². The van der Waals surface area contributed by atoms with E-state index in [2.05, 4.69) is 16.9 Å². The van der Waals surface area contributed by atoms with E-state index < -0.39 is 0 Å². The standard InChI is InChI=1S/C7H13N3/c1-9-10-7-5-3-2-4-6(7)8/h6H,1-5,8H2/b10-7+. The fourth-order valence-corrected chi connectivity index (χ4v) is 1.24. The Labute approximate surface area is 61.0 Å². The molecular weight excluding hydrogens is 126 g/mol. The zero-order chi connectivity index (χ0) is 7.40. The molecule has 0 heterocycles. The van der Waals surface area contributed by atoms with Gasteiger partial charge in [0.25, 0.3) is 0 Å². The van der Waals surface area contributed by atoms with Crippen LogP contribution in [0.25, 0.3) is 0 Å². The monoisotopic (exact) mass is 139 g/mol. The summed E-state index contributed by atoms with van der Waals surface area (Å²) >= 11 is 0. The topological polar surface area (TPSA) is 50.7 Å². The molecule has 0 radical (unpaired) electrons. The fourth-order valence-electron chi connectivity index (χ4n) is 1.24. The Hall–Kier alpha value is -0.700. The minimum absolute atomic E-state index is 0.138. The highest BCUT2D eigenvalue weighted by atomic mass is 15.2. The van der Waals surface area contributed by atoms with Crippen molar-refractivity contribution < 1.29 is 0 Å². The van der Waals surface area contributed by atoms with Crippen LogP contribution in [0.3, 0.4) is 0 Å². The maximum absolute atomic E-state index is 5.75. The molecule has 2 N–H and O–H groups in total. The smallest absolute Gasteiger partial charge is 0.0572 e. The van der Waals surface area contributed by atoms with Crippen LogP contribution in [0.15, 0.2) is 10.2 Å². The minimum Gasteiger partial charge on any atom is -0.323 e. The number of rotatable bonds is 1. The molecule has 1 aliphatic rings. The quantitative estimate of drug-likeness (QED) is 0.426. The van der Waals surface area contributed by atoms with E-state index in [-0.39, 0.29) is 6.04 Å². The molecule has 1 unspecified atom stereocenters. The number of nitrogens with two attached hydrogens (primary N) is 1. The van der Waals surface area contributed by atoms with Crippen LogP contribution >= 0.6 is 0 Å². The largest absolute Gasteiger partial charge is 0.323 e. The zero-order valence-electron chi connectivity index (χ0n) is 6.08. The average Bonchev–Trinajstić information content (AvgIpc) is 1.94. The third-order valence-corrected chi connectivity index (χ3v) is 1.83. The number of hydrogen-bond donors (Lipinski definition) is 1. The lowest BCUT2D eigenvalue weighted by Gasteiger charge is -2.18. The van der Waals surface area contributed by atoms with Gasteiger partial charge in [0.1, 0.15) is 0 Å². The molecule has 0 saturated heterocycles. The summed E-state index contributed by atoms with van der Waals surface area (Å²) in [6, 6.07) is 0.138. The van der Waals surface area contributed by atoms with Gasteiger partial charge in [-0.3, -0.25) is 0 Å². The highest BCUT2D eigenvalue weighted by Gasteiger charge is 2.15. The van der Waals surface area contributed by atoms with Crippen molar-refractivity contribution in [3.05, 3.63) is 0 Å². The normalized spacial score (nSPS) is 30.5. The van der Waals surface area contributed by atoms with E-state index >= 15 is 0 Å². The van der Waals surface area contributed by atoms with Crippen LogP contribution in [-0.2, 0) is 0 Å². The van der Waals surface area contributed by atoms with Crippen molar-refractivity contribution in [1.82, 2.24) is 0 Å². The van der Waals surface area contributed by atoms with Gasteiger partial charge in [-0.05, 0) is 19.3 Å². The summed E-state index contributed by atoms with van der Waals surface area (Å²) in [5.41, 5.74) is 6.76. The van der Waals surface area contributed by atoms with Crippen LogP contribution in [0.5, 0.6) is 0 Å². The molecule has 0 aromatic carbocycles. The van der Waals surface area contributed by atoms with Crippen molar-refractivity contribution in [3.63, 3.8) is 0 Å². The molecule has 0 aromatic rings. The molecule has 1 atom stereocenters. The Morgan fingerprint density at radius 1 is 1.50 bits per heavy atom. The zero-order valence-corrected chi connectivity index (χ0v) is 6.08. The molecule has 0 aromatic heterocycles. The van der Waals surface area contributed by atoms with Crippen LogP contribution in [0.4, 0.5) is 0 Å². The third-order valence-electron chi connectivity index (χ3n) is 1.83. The van der Waals surface area contributed by atoms with E-state index in [0.717, 1.165) is 18.6 Å². The van der Waals surface area contributed by atoms with Crippen molar-refractivity contribution >= 4 is 12.4 Å². The first-order valence-corrected chi connectivity index (χ1v) is 3.62. The molecule has 1 rings (SSSR count). The Kier molecular flexibility index (Phi) is 2.57.